The van der Waals surface area contributed by atoms with E-state index in [0.717, 1.165) is 21.8 Å². The van der Waals surface area contributed by atoms with E-state index >= 15 is 0 Å². The molecule has 4 heteroatoms. The van der Waals surface area contributed by atoms with E-state index < -0.39 is 11.6 Å². The summed E-state index contributed by atoms with van der Waals surface area (Å²) in [6, 6.07) is 9.37. The molecule has 0 saturated heterocycles. The predicted molar refractivity (Wildman–Crippen MR) is 72.6 cm³/mol. The maximum Gasteiger partial charge on any atom is 0.126 e. The smallest absolute Gasteiger partial charge is 0.126 e. The molecule has 2 aromatic rings. The quantitative estimate of drug-likeness (QED) is 0.870. The second-order valence-electron chi connectivity index (χ2n) is 4.09. The van der Waals surface area contributed by atoms with E-state index in [1.54, 1.807) is 0 Å². The van der Waals surface area contributed by atoms with Gasteiger partial charge in [-0.25, -0.2) is 8.78 Å². The van der Waals surface area contributed by atoms with Crippen molar-refractivity contribution in [3.05, 3.63) is 63.6 Å². The molecule has 0 aromatic heterocycles. The number of nitrogens with one attached hydrogen (secondary N) is 1. The summed E-state index contributed by atoms with van der Waals surface area (Å²) in [6.07, 6.45) is 0. The first-order valence-electron chi connectivity index (χ1n) is 5.49. The van der Waals surface area contributed by atoms with E-state index in [0.29, 0.717) is 12.1 Å². The Morgan fingerprint density at radius 1 is 1.06 bits per heavy atom. The average molecular weight is 312 g/mol. The molecule has 0 heterocycles. The van der Waals surface area contributed by atoms with Gasteiger partial charge >= 0.3 is 0 Å². The zero-order valence-electron chi connectivity index (χ0n) is 9.81. The Labute approximate surface area is 113 Å². The van der Waals surface area contributed by atoms with Crippen molar-refractivity contribution in [3.8, 4) is 0 Å². The van der Waals surface area contributed by atoms with Gasteiger partial charge in [0.25, 0.3) is 0 Å². The molecule has 0 bridgehead atoms. The molecular weight excluding hydrogens is 300 g/mol. The monoisotopic (exact) mass is 311 g/mol. The first kappa shape index (κ1) is 13.0. The lowest BCUT2D eigenvalue weighted by atomic mass is 10.1. The van der Waals surface area contributed by atoms with Crippen molar-refractivity contribution in [1.82, 2.24) is 0 Å². The minimum Gasteiger partial charge on any atom is -0.381 e. The molecule has 94 valence electrons. The number of aryl methyl sites for hydroxylation is 1. The topological polar surface area (TPSA) is 12.0 Å². The summed E-state index contributed by atoms with van der Waals surface area (Å²) in [5, 5.41) is 3.16. The van der Waals surface area contributed by atoms with Gasteiger partial charge in [0.05, 0.1) is 0 Å². The lowest BCUT2D eigenvalue weighted by molar-refractivity contribution is 0.580. The predicted octanol–water partition coefficient (Wildman–Crippen LogP) is 4.65. The van der Waals surface area contributed by atoms with Crippen LogP contribution in [-0.2, 0) is 6.54 Å². The first-order valence-corrected chi connectivity index (χ1v) is 6.29. The van der Waals surface area contributed by atoms with Crippen molar-refractivity contribution in [1.29, 1.82) is 0 Å². The van der Waals surface area contributed by atoms with Crippen LogP contribution < -0.4 is 5.32 Å². The Kier molecular flexibility index (Phi) is 3.97. The second kappa shape index (κ2) is 5.48. The van der Waals surface area contributed by atoms with E-state index in [4.69, 9.17) is 0 Å². The van der Waals surface area contributed by atoms with Crippen LogP contribution in [0, 0.1) is 18.6 Å². The van der Waals surface area contributed by atoms with E-state index in [1.807, 2.05) is 25.1 Å². The Bertz CT molecular complexity index is 549. The van der Waals surface area contributed by atoms with Gasteiger partial charge in [0.2, 0.25) is 0 Å². The van der Waals surface area contributed by atoms with Crippen molar-refractivity contribution in [2.45, 2.75) is 13.5 Å². The van der Waals surface area contributed by atoms with Crippen LogP contribution in [0.1, 0.15) is 11.1 Å². The van der Waals surface area contributed by atoms with E-state index in [-0.39, 0.29) is 0 Å². The minimum absolute atomic E-state index is 0.381. The van der Waals surface area contributed by atoms with Crippen LogP contribution in [-0.4, -0.2) is 0 Å². The van der Waals surface area contributed by atoms with E-state index in [2.05, 4.69) is 21.2 Å². The summed E-state index contributed by atoms with van der Waals surface area (Å²) in [5.41, 5.74) is 2.59. The van der Waals surface area contributed by atoms with Crippen molar-refractivity contribution in [3.63, 3.8) is 0 Å². The van der Waals surface area contributed by atoms with Crippen LogP contribution >= 0.6 is 15.9 Å². The molecule has 1 nitrogen and oxygen atoms in total. The molecule has 0 aliphatic heterocycles. The largest absolute Gasteiger partial charge is 0.381 e. The maximum atomic E-state index is 13.0. The van der Waals surface area contributed by atoms with Gasteiger partial charge in [-0.15, -0.1) is 0 Å². The molecule has 18 heavy (non-hydrogen) atoms. The van der Waals surface area contributed by atoms with Gasteiger partial charge in [-0.3, -0.25) is 0 Å². The van der Waals surface area contributed by atoms with Crippen LogP contribution in [0.25, 0.3) is 0 Å². The molecule has 0 unspecified atom stereocenters. The number of anilines is 1. The molecular formula is C14H12BrF2N. The standard InChI is InChI=1S/C14H12BrF2N/c1-9-2-3-11(15)6-14(9)18-8-10-4-12(16)7-13(17)5-10/h2-7,18H,8H2,1H3. The fraction of sp³-hybridized carbons (Fsp3) is 0.143. The molecule has 0 fully saturated rings. The van der Waals surface area contributed by atoms with Crippen molar-refractivity contribution in [2.24, 2.45) is 0 Å². The number of halogens is 3. The summed E-state index contributed by atoms with van der Waals surface area (Å²) in [6.45, 7) is 2.35. The van der Waals surface area contributed by atoms with Crippen molar-refractivity contribution >= 4 is 21.6 Å². The first-order chi connectivity index (χ1) is 8.54. The van der Waals surface area contributed by atoms with Crippen LogP contribution in [0.2, 0.25) is 0 Å². The Hall–Kier alpha value is -1.42. The normalized spacial score (nSPS) is 10.4. The third kappa shape index (κ3) is 3.29. The highest BCUT2D eigenvalue weighted by Gasteiger charge is 2.02. The summed E-state index contributed by atoms with van der Waals surface area (Å²) in [7, 11) is 0. The van der Waals surface area contributed by atoms with Gasteiger partial charge < -0.3 is 5.32 Å². The second-order valence-corrected chi connectivity index (χ2v) is 5.01. The number of hydrogen-bond acceptors (Lipinski definition) is 1. The lowest BCUT2D eigenvalue weighted by Gasteiger charge is -2.10. The third-order valence-corrected chi connectivity index (χ3v) is 3.10. The molecule has 1 N–H and O–H groups in total. The summed E-state index contributed by atoms with van der Waals surface area (Å²) in [4.78, 5) is 0. The Morgan fingerprint density at radius 3 is 2.39 bits per heavy atom. The maximum absolute atomic E-state index is 13.0. The SMILES string of the molecule is Cc1ccc(Br)cc1NCc1cc(F)cc(F)c1. The third-order valence-electron chi connectivity index (χ3n) is 2.60. The molecule has 2 rings (SSSR count). The number of hydrogen-bond donors (Lipinski definition) is 1. The van der Waals surface area contributed by atoms with Gasteiger partial charge in [-0.05, 0) is 42.3 Å². The lowest BCUT2D eigenvalue weighted by Crippen LogP contribution is -2.02. The summed E-state index contributed by atoms with van der Waals surface area (Å²) < 4.78 is 27.0. The number of rotatable bonds is 3. The van der Waals surface area contributed by atoms with Crippen LogP contribution in [0.5, 0.6) is 0 Å². The Morgan fingerprint density at radius 2 is 1.72 bits per heavy atom. The zero-order valence-corrected chi connectivity index (χ0v) is 11.4. The molecule has 0 radical (unpaired) electrons. The highest BCUT2D eigenvalue weighted by Crippen LogP contribution is 2.21. The molecule has 0 aliphatic carbocycles. The van der Waals surface area contributed by atoms with Crippen LogP contribution in [0.4, 0.5) is 14.5 Å². The van der Waals surface area contributed by atoms with Crippen molar-refractivity contribution in [2.75, 3.05) is 5.32 Å². The molecule has 0 saturated carbocycles. The highest BCUT2D eigenvalue weighted by molar-refractivity contribution is 9.10. The fourth-order valence-electron chi connectivity index (χ4n) is 1.69. The molecule has 0 aliphatic rings. The molecule has 0 amide bonds. The summed E-state index contributed by atoms with van der Waals surface area (Å²) in [5.74, 6) is -1.12. The minimum atomic E-state index is -0.558. The van der Waals surface area contributed by atoms with Gasteiger partial charge in [-0.2, -0.15) is 0 Å². The van der Waals surface area contributed by atoms with Gasteiger partial charge in [-0.1, -0.05) is 22.0 Å². The molecule has 2 aromatic carbocycles. The van der Waals surface area contributed by atoms with Crippen LogP contribution in [0.15, 0.2) is 40.9 Å². The van der Waals surface area contributed by atoms with Crippen LogP contribution in [0.3, 0.4) is 0 Å². The molecule has 0 atom stereocenters. The van der Waals surface area contributed by atoms with Crippen molar-refractivity contribution < 1.29 is 8.78 Å². The summed E-state index contributed by atoms with van der Waals surface area (Å²) >= 11 is 3.39. The highest BCUT2D eigenvalue weighted by atomic mass is 79.9. The molecule has 0 spiro atoms. The zero-order chi connectivity index (χ0) is 13.1. The van der Waals surface area contributed by atoms with Gasteiger partial charge in [0, 0.05) is 22.8 Å². The van der Waals surface area contributed by atoms with E-state index in [1.165, 1.54) is 12.1 Å². The van der Waals surface area contributed by atoms with Gasteiger partial charge in [0.15, 0.2) is 0 Å². The van der Waals surface area contributed by atoms with Gasteiger partial charge in [0.1, 0.15) is 11.6 Å². The Balaban J connectivity index is 2.13. The van der Waals surface area contributed by atoms with E-state index in [9.17, 15) is 8.78 Å². The average Bonchev–Trinajstić information content (AvgIpc) is 2.29. The number of benzene rings is 2. The fourth-order valence-corrected chi connectivity index (χ4v) is 2.06.